The normalized spacial score (nSPS) is 8.71. The average molecular weight is 95.1 g/mol. The molecule has 1 heteroatoms. The van der Waals surface area contributed by atoms with Crippen molar-refractivity contribution in [1.29, 1.82) is 0 Å². The van der Waals surface area contributed by atoms with Gasteiger partial charge in [0, 0.05) is 11.6 Å². The maximum absolute atomic E-state index is 4.81. The molecule has 1 rings (SSSR count). The molecule has 1 aromatic rings. The molecule has 36 valence electrons. The molecule has 0 unspecified atom stereocenters. The molecule has 0 saturated carbocycles. The van der Waals surface area contributed by atoms with Crippen LogP contribution in [0, 0.1) is 6.92 Å². The Morgan fingerprint density at radius 1 is 1.57 bits per heavy atom. The molecule has 0 atom stereocenters. The molecular formula is C6H7O+. The van der Waals surface area contributed by atoms with Crippen LogP contribution in [0.2, 0.25) is 0 Å². The summed E-state index contributed by atoms with van der Waals surface area (Å²) < 4.78 is 4.81. The minimum atomic E-state index is 1.16. The lowest BCUT2D eigenvalue weighted by atomic mass is 10.3. The van der Waals surface area contributed by atoms with Crippen molar-refractivity contribution in [1.82, 2.24) is 0 Å². The maximum atomic E-state index is 4.81. The van der Waals surface area contributed by atoms with Crippen molar-refractivity contribution in [2.45, 2.75) is 6.92 Å². The molecular weight excluding hydrogens is 88.1 g/mol. The van der Waals surface area contributed by atoms with Crippen LogP contribution in [0.5, 0.6) is 0 Å². The highest BCUT2D eigenvalue weighted by molar-refractivity contribution is 5.01. The Morgan fingerprint density at radius 3 is 2.71 bits per heavy atom. The topological polar surface area (TPSA) is 11.3 Å². The van der Waals surface area contributed by atoms with Crippen LogP contribution in [0.4, 0.5) is 0 Å². The molecule has 0 radical (unpaired) electrons. The van der Waals surface area contributed by atoms with Crippen molar-refractivity contribution >= 4 is 0 Å². The molecule has 0 saturated heterocycles. The molecule has 0 fully saturated rings. The van der Waals surface area contributed by atoms with Gasteiger partial charge in [0.25, 0.3) is 0 Å². The predicted octanol–water partition coefficient (Wildman–Crippen LogP) is 1.87. The van der Waals surface area contributed by atoms with Crippen LogP contribution in [0.25, 0.3) is 0 Å². The molecule has 1 heterocycles. The van der Waals surface area contributed by atoms with Gasteiger partial charge in [-0.15, -0.1) is 0 Å². The Morgan fingerprint density at radius 2 is 2.43 bits per heavy atom. The van der Waals surface area contributed by atoms with Gasteiger partial charge < -0.3 is 0 Å². The van der Waals surface area contributed by atoms with Crippen LogP contribution in [-0.2, 0) is 0 Å². The number of rotatable bonds is 0. The molecule has 0 bridgehead atoms. The van der Waals surface area contributed by atoms with Gasteiger partial charge in [0.2, 0.25) is 0 Å². The summed E-state index contributed by atoms with van der Waals surface area (Å²) in [5, 5.41) is 0. The van der Waals surface area contributed by atoms with E-state index in [1.807, 2.05) is 19.1 Å². The fourth-order valence-corrected chi connectivity index (χ4v) is 0.422. The molecule has 0 spiro atoms. The molecule has 7 heavy (non-hydrogen) atoms. The van der Waals surface area contributed by atoms with Crippen molar-refractivity contribution in [3.63, 3.8) is 0 Å². The SMILES string of the molecule is Cc1ccc[o+]c1. The molecule has 0 aliphatic heterocycles. The van der Waals surface area contributed by atoms with E-state index in [0.29, 0.717) is 0 Å². The van der Waals surface area contributed by atoms with Crippen LogP contribution in [0.15, 0.2) is 29.1 Å². The van der Waals surface area contributed by atoms with Gasteiger partial charge in [0.05, 0.1) is 0 Å². The fraction of sp³-hybridized carbons (Fsp3) is 0.167. The summed E-state index contributed by atoms with van der Waals surface area (Å²) in [5.41, 5.74) is 1.16. The van der Waals surface area contributed by atoms with E-state index in [0.717, 1.165) is 5.56 Å². The molecule has 1 nitrogen and oxygen atoms in total. The Bertz CT molecular complexity index is 134. The average Bonchev–Trinajstić information content (AvgIpc) is 1.69. The minimum absolute atomic E-state index is 1.16. The zero-order chi connectivity index (χ0) is 5.11. The van der Waals surface area contributed by atoms with Crippen molar-refractivity contribution in [2.75, 3.05) is 0 Å². The van der Waals surface area contributed by atoms with Gasteiger partial charge in [-0.2, -0.15) is 0 Å². The van der Waals surface area contributed by atoms with E-state index in [-0.39, 0.29) is 0 Å². The third-order valence-electron chi connectivity index (χ3n) is 0.770. The summed E-state index contributed by atoms with van der Waals surface area (Å²) in [5.74, 6) is 0. The Kier molecular flexibility index (Phi) is 1.07. The highest BCUT2D eigenvalue weighted by Gasteiger charge is 1.85. The summed E-state index contributed by atoms with van der Waals surface area (Å²) in [6, 6.07) is 3.86. The molecule has 0 aliphatic carbocycles. The summed E-state index contributed by atoms with van der Waals surface area (Å²) in [7, 11) is 0. The first-order chi connectivity index (χ1) is 3.39. The van der Waals surface area contributed by atoms with Crippen LogP contribution in [-0.4, -0.2) is 0 Å². The van der Waals surface area contributed by atoms with Crippen molar-refractivity contribution < 1.29 is 4.42 Å². The zero-order valence-corrected chi connectivity index (χ0v) is 4.22. The summed E-state index contributed by atoms with van der Waals surface area (Å²) in [4.78, 5) is 0. The van der Waals surface area contributed by atoms with Gasteiger partial charge in [-0.1, -0.05) is 0 Å². The Labute approximate surface area is 42.6 Å². The quantitative estimate of drug-likeness (QED) is 0.448. The third-order valence-corrected chi connectivity index (χ3v) is 0.770. The van der Waals surface area contributed by atoms with E-state index >= 15 is 0 Å². The number of hydrogen-bond acceptors (Lipinski definition) is 0. The summed E-state index contributed by atoms with van der Waals surface area (Å²) in [6.07, 6.45) is 3.35. The molecule has 0 amide bonds. The summed E-state index contributed by atoms with van der Waals surface area (Å²) >= 11 is 0. The second kappa shape index (κ2) is 1.73. The maximum Gasteiger partial charge on any atom is 0.320 e. The summed E-state index contributed by atoms with van der Waals surface area (Å²) in [6.45, 7) is 1.99. The molecule has 0 aromatic carbocycles. The van der Waals surface area contributed by atoms with Gasteiger partial charge >= 0.3 is 12.5 Å². The largest absolute Gasteiger partial charge is 0.320 e. The van der Waals surface area contributed by atoms with Crippen LogP contribution < -0.4 is 0 Å². The Balaban J connectivity index is 3.02. The minimum Gasteiger partial charge on any atom is -0.224 e. The van der Waals surface area contributed by atoms with E-state index in [4.69, 9.17) is 4.42 Å². The van der Waals surface area contributed by atoms with Gasteiger partial charge in [-0.05, 0) is 13.0 Å². The monoisotopic (exact) mass is 95.0 g/mol. The second-order valence-corrected chi connectivity index (χ2v) is 1.49. The van der Waals surface area contributed by atoms with E-state index < -0.39 is 0 Å². The lowest BCUT2D eigenvalue weighted by Gasteiger charge is -1.71. The first kappa shape index (κ1) is 4.31. The second-order valence-electron chi connectivity index (χ2n) is 1.49. The lowest BCUT2D eigenvalue weighted by molar-refractivity contribution is 0.545. The third kappa shape index (κ3) is 1.000. The standard InChI is InChI=1S/C6H7O/c1-6-3-2-4-7-5-6/h2-5H,1H3/q+1. The fourth-order valence-electron chi connectivity index (χ4n) is 0.422. The van der Waals surface area contributed by atoms with E-state index in [2.05, 4.69) is 0 Å². The van der Waals surface area contributed by atoms with Crippen LogP contribution in [0.1, 0.15) is 5.56 Å². The number of aryl methyl sites for hydroxylation is 1. The van der Waals surface area contributed by atoms with Crippen molar-refractivity contribution in [3.8, 4) is 0 Å². The predicted molar refractivity (Wildman–Crippen MR) is 27.9 cm³/mol. The zero-order valence-electron chi connectivity index (χ0n) is 4.22. The van der Waals surface area contributed by atoms with Gasteiger partial charge in [-0.25, -0.2) is 4.42 Å². The number of hydrogen-bond donors (Lipinski definition) is 0. The molecule has 0 N–H and O–H groups in total. The smallest absolute Gasteiger partial charge is 0.224 e. The lowest BCUT2D eigenvalue weighted by Crippen LogP contribution is -1.62. The van der Waals surface area contributed by atoms with Gasteiger partial charge in [0.15, 0.2) is 0 Å². The van der Waals surface area contributed by atoms with Gasteiger partial charge in [-0.3, -0.25) is 0 Å². The van der Waals surface area contributed by atoms with E-state index in [1.54, 1.807) is 12.5 Å². The van der Waals surface area contributed by atoms with Crippen molar-refractivity contribution in [3.05, 3.63) is 30.2 Å². The highest BCUT2D eigenvalue weighted by Crippen LogP contribution is 1.92. The first-order valence-electron chi connectivity index (χ1n) is 2.22. The van der Waals surface area contributed by atoms with E-state index in [1.165, 1.54) is 0 Å². The first-order valence-corrected chi connectivity index (χ1v) is 2.22. The highest BCUT2D eigenvalue weighted by atomic mass is 16.3. The van der Waals surface area contributed by atoms with Crippen LogP contribution in [0.3, 0.4) is 0 Å². The van der Waals surface area contributed by atoms with E-state index in [9.17, 15) is 0 Å². The van der Waals surface area contributed by atoms with Gasteiger partial charge in [0.1, 0.15) is 0 Å². The Hall–Kier alpha value is -0.850. The molecule has 1 aromatic heterocycles. The van der Waals surface area contributed by atoms with Crippen LogP contribution >= 0.6 is 0 Å². The van der Waals surface area contributed by atoms with Crippen molar-refractivity contribution in [2.24, 2.45) is 0 Å². The molecule has 0 aliphatic rings.